The summed E-state index contributed by atoms with van der Waals surface area (Å²) >= 11 is 0. The number of nitrogens with one attached hydrogen (secondary N) is 1. The van der Waals surface area contributed by atoms with E-state index in [0.29, 0.717) is 12.1 Å². The standard InChI is InChI=1S/C12H18N2O/c1-9-5-3-7-12(13-9)14-10(2)11-6-4-8-15-11/h3,5,7,10-11H,4,6,8H2,1-2H3,(H,13,14). The number of hydrogen-bond donors (Lipinski definition) is 1. The molecule has 15 heavy (non-hydrogen) atoms. The van der Waals surface area contributed by atoms with Crippen molar-refractivity contribution in [1.29, 1.82) is 0 Å². The first-order valence-corrected chi connectivity index (χ1v) is 5.57. The number of aryl methyl sites for hydroxylation is 1. The van der Waals surface area contributed by atoms with Gasteiger partial charge in [0.2, 0.25) is 0 Å². The van der Waals surface area contributed by atoms with E-state index in [1.54, 1.807) is 0 Å². The van der Waals surface area contributed by atoms with Crippen molar-refractivity contribution >= 4 is 5.82 Å². The van der Waals surface area contributed by atoms with Crippen LogP contribution in [0.2, 0.25) is 0 Å². The molecule has 2 unspecified atom stereocenters. The summed E-state index contributed by atoms with van der Waals surface area (Å²) in [6.45, 7) is 5.06. The Labute approximate surface area is 90.9 Å². The van der Waals surface area contributed by atoms with Gasteiger partial charge in [-0.25, -0.2) is 4.98 Å². The van der Waals surface area contributed by atoms with Crippen LogP contribution in [-0.4, -0.2) is 23.7 Å². The van der Waals surface area contributed by atoms with Crippen LogP contribution in [-0.2, 0) is 4.74 Å². The van der Waals surface area contributed by atoms with Crippen LogP contribution in [0.5, 0.6) is 0 Å². The van der Waals surface area contributed by atoms with Crippen molar-refractivity contribution in [3.63, 3.8) is 0 Å². The first-order chi connectivity index (χ1) is 7.25. The number of pyridine rings is 1. The summed E-state index contributed by atoms with van der Waals surface area (Å²) in [4.78, 5) is 4.42. The molecule has 0 saturated carbocycles. The summed E-state index contributed by atoms with van der Waals surface area (Å²) in [7, 11) is 0. The Hall–Kier alpha value is -1.09. The molecule has 1 aromatic rings. The van der Waals surface area contributed by atoms with Gasteiger partial charge < -0.3 is 10.1 Å². The highest BCUT2D eigenvalue weighted by molar-refractivity contribution is 5.36. The maximum Gasteiger partial charge on any atom is 0.126 e. The van der Waals surface area contributed by atoms with Crippen LogP contribution >= 0.6 is 0 Å². The average molecular weight is 206 g/mol. The van der Waals surface area contributed by atoms with E-state index in [1.165, 1.54) is 6.42 Å². The summed E-state index contributed by atoms with van der Waals surface area (Å²) in [5, 5.41) is 3.39. The van der Waals surface area contributed by atoms with E-state index in [1.807, 2.05) is 25.1 Å². The second kappa shape index (κ2) is 4.62. The van der Waals surface area contributed by atoms with Crippen molar-refractivity contribution < 1.29 is 4.74 Å². The zero-order valence-corrected chi connectivity index (χ0v) is 9.36. The van der Waals surface area contributed by atoms with Gasteiger partial charge in [-0.15, -0.1) is 0 Å². The summed E-state index contributed by atoms with van der Waals surface area (Å²) < 4.78 is 5.63. The van der Waals surface area contributed by atoms with Gasteiger partial charge in [0.05, 0.1) is 12.1 Å². The molecule has 2 rings (SSSR count). The Morgan fingerprint density at radius 2 is 2.40 bits per heavy atom. The predicted molar refractivity (Wildman–Crippen MR) is 61.0 cm³/mol. The molecule has 1 saturated heterocycles. The lowest BCUT2D eigenvalue weighted by Crippen LogP contribution is -2.30. The van der Waals surface area contributed by atoms with E-state index >= 15 is 0 Å². The highest BCUT2D eigenvalue weighted by atomic mass is 16.5. The van der Waals surface area contributed by atoms with Gasteiger partial charge in [0.25, 0.3) is 0 Å². The second-order valence-corrected chi connectivity index (χ2v) is 4.15. The van der Waals surface area contributed by atoms with E-state index in [0.717, 1.165) is 24.5 Å². The highest BCUT2D eigenvalue weighted by Crippen LogP contribution is 2.18. The van der Waals surface area contributed by atoms with Crippen LogP contribution in [0.4, 0.5) is 5.82 Å². The number of anilines is 1. The van der Waals surface area contributed by atoms with Gasteiger partial charge >= 0.3 is 0 Å². The Morgan fingerprint density at radius 1 is 1.53 bits per heavy atom. The Kier molecular flexibility index (Phi) is 3.21. The molecule has 82 valence electrons. The van der Waals surface area contributed by atoms with Crippen molar-refractivity contribution in [3.8, 4) is 0 Å². The van der Waals surface area contributed by atoms with Crippen molar-refractivity contribution in [2.24, 2.45) is 0 Å². The minimum atomic E-state index is 0.335. The largest absolute Gasteiger partial charge is 0.376 e. The van der Waals surface area contributed by atoms with E-state index in [2.05, 4.69) is 17.2 Å². The highest BCUT2D eigenvalue weighted by Gasteiger charge is 2.22. The molecule has 0 aromatic carbocycles. The number of aromatic nitrogens is 1. The molecule has 1 N–H and O–H groups in total. The molecule has 0 radical (unpaired) electrons. The minimum Gasteiger partial charge on any atom is -0.376 e. The molecule has 3 heteroatoms. The predicted octanol–water partition coefficient (Wildman–Crippen LogP) is 2.37. The number of nitrogens with zero attached hydrogens (tertiary/aromatic N) is 1. The second-order valence-electron chi connectivity index (χ2n) is 4.15. The van der Waals surface area contributed by atoms with Gasteiger partial charge in [0, 0.05) is 12.3 Å². The monoisotopic (exact) mass is 206 g/mol. The lowest BCUT2D eigenvalue weighted by Gasteiger charge is -2.20. The van der Waals surface area contributed by atoms with Crippen LogP contribution < -0.4 is 5.32 Å². The number of rotatable bonds is 3. The molecule has 1 aliphatic heterocycles. The van der Waals surface area contributed by atoms with E-state index in [-0.39, 0.29) is 0 Å². The summed E-state index contributed by atoms with van der Waals surface area (Å²) in [6, 6.07) is 6.36. The molecule has 1 aliphatic rings. The molecule has 0 bridgehead atoms. The maximum absolute atomic E-state index is 5.63. The van der Waals surface area contributed by atoms with Gasteiger partial charge in [0.15, 0.2) is 0 Å². The molecule has 0 spiro atoms. The first kappa shape index (κ1) is 10.4. The number of hydrogen-bond acceptors (Lipinski definition) is 3. The Bertz CT molecular complexity index is 321. The van der Waals surface area contributed by atoms with Crippen LogP contribution in [0, 0.1) is 6.92 Å². The molecule has 1 fully saturated rings. The van der Waals surface area contributed by atoms with Crippen molar-refractivity contribution in [1.82, 2.24) is 4.98 Å². The van der Waals surface area contributed by atoms with Crippen molar-refractivity contribution in [2.45, 2.75) is 38.8 Å². The molecule has 2 atom stereocenters. The molecular weight excluding hydrogens is 188 g/mol. The normalized spacial score (nSPS) is 22.7. The average Bonchev–Trinajstić information content (AvgIpc) is 2.70. The third-order valence-electron chi connectivity index (χ3n) is 2.79. The molecule has 1 aromatic heterocycles. The fourth-order valence-corrected chi connectivity index (χ4v) is 1.95. The van der Waals surface area contributed by atoms with Gasteiger partial charge in [-0.05, 0) is 38.8 Å². The van der Waals surface area contributed by atoms with Gasteiger partial charge in [-0.1, -0.05) is 6.07 Å². The first-order valence-electron chi connectivity index (χ1n) is 5.57. The lowest BCUT2D eigenvalue weighted by molar-refractivity contribution is 0.0995. The van der Waals surface area contributed by atoms with E-state index < -0.39 is 0 Å². The van der Waals surface area contributed by atoms with Crippen molar-refractivity contribution in [2.75, 3.05) is 11.9 Å². The van der Waals surface area contributed by atoms with Gasteiger partial charge in [0.1, 0.15) is 5.82 Å². The van der Waals surface area contributed by atoms with Gasteiger partial charge in [-0.3, -0.25) is 0 Å². The fourth-order valence-electron chi connectivity index (χ4n) is 1.95. The van der Waals surface area contributed by atoms with Crippen LogP contribution in [0.1, 0.15) is 25.5 Å². The SMILES string of the molecule is Cc1cccc(NC(C)C2CCCO2)n1. The van der Waals surface area contributed by atoms with Crippen molar-refractivity contribution in [3.05, 3.63) is 23.9 Å². The van der Waals surface area contributed by atoms with Crippen LogP contribution in [0.15, 0.2) is 18.2 Å². The topological polar surface area (TPSA) is 34.1 Å². The molecule has 0 amide bonds. The lowest BCUT2D eigenvalue weighted by atomic mass is 10.1. The smallest absolute Gasteiger partial charge is 0.126 e. The molecule has 3 nitrogen and oxygen atoms in total. The number of ether oxygens (including phenoxy) is 1. The third-order valence-corrected chi connectivity index (χ3v) is 2.79. The zero-order valence-electron chi connectivity index (χ0n) is 9.36. The van der Waals surface area contributed by atoms with Crippen LogP contribution in [0.25, 0.3) is 0 Å². The van der Waals surface area contributed by atoms with Gasteiger partial charge in [-0.2, -0.15) is 0 Å². The maximum atomic E-state index is 5.63. The molecule has 2 heterocycles. The summed E-state index contributed by atoms with van der Waals surface area (Å²) in [5.41, 5.74) is 1.04. The minimum absolute atomic E-state index is 0.335. The molecular formula is C12H18N2O. The molecule has 0 aliphatic carbocycles. The quantitative estimate of drug-likeness (QED) is 0.824. The van der Waals surface area contributed by atoms with E-state index in [4.69, 9.17) is 4.74 Å². The van der Waals surface area contributed by atoms with Crippen LogP contribution in [0.3, 0.4) is 0 Å². The third kappa shape index (κ3) is 2.69. The summed E-state index contributed by atoms with van der Waals surface area (Å²) in [6.07, 6.45) is 2.67. The fraction of sp³-hybridized carbons (Fsp3) is 0.583. The summed E-state index contributed by atoms with van der Waals surface area (Å²) in [5.74, 6) is 0.943. The Balaban J connectivity index is 1.95. The zero-order chi connectivity index (χ0) is 10.7. The van der Waals surface area contributed by atoms with E-state index in [9.17, 15) is 0 Å². The Morgan fingerprint density at radius 3 is 3.07 bits per heavy atom.